The molecule has 0 saturated heterocycles. The van der Waals surface area contributed by atoms with Crippen molar-refractivity contribution in [1.82, 2.24) is 0 Å². The first kappa shape index (κ1) is 17.5. The molecule has 1 fully saturated rings. The standard InChI is InChI=1S/C20H36/c1-5-6-13-19-14-9-10-15-20(19)16-18(4)12-8-7-11-17(2)3/h19-20H,2,4-16H2,1,3H3. The molecule has 0 aromatic rings. The molecule has 1 rings (SSSR count). The quantitative estimate of drug-likeness (QED) is 0.296. The second-order valence-corrected chi connectivity index (χ2v) is 7.07. The molecule has 0 bridgehead atoms. The van der Waals surface area contributed by atoms with Gasteiger partial charge in [0.1, 0.15) is 0 Å². The Morgan fingerprint density at radius 2 is 1.60 bits per heavy atom. The minimum atomic E-state index is 0.948. The van der Waals surface area contributed by atoms with Crippen LogP contribution in [0.5, 0.6) is 0 Å². The molecule has 0 heteroatoms. The monoisotopic (exact) mass is 276 g/mol. The lowest BCUT2D eigenvalue weighted by Crippen LogP contribution is -2.20. The van der Waals surface area contributed by atoms with Crippen LogP contribution in [-0.4, -0.2) is 0 Å². The predicted molar refractivity (Wildman–Crippen MR) is 92.0 cm³/mol. The van der Waals surface area contributed by atoms with E-state index in [0.29, 0.717) is 0 Å². The topological polar surface area (TPSA) is 0 Å². The molecule has 0 N–H and O–H groups in total. The van der Waals surface area contributed by atoms with Gasteiger partial charge in [0.15, 0.2) is 0 Å². The van der Waals surface area contributed by atoms with Crippen LogP contribution in [0.4, 0.5) is 0 Å². The van der Waals surface area contributed by atoms with Crippen LogP contribution in [0.3, 0.4) is 0 Å². The number of hydrogen-bond acceptors (Lipinski definition) is 0. The summed E-state index contributed by atoms with van der Waals surface area (Å²) in [5.74, 6) is 1.94. The molecule has 2 atom stereocenters. The minimum Gasteiger partial charge on any atom is -0.100 e. The second kappa shape index (κ2) is 10.2. The van der Waals surface area contributed by atoms with Crippen molar-refractivity contribution in [1.29, 1.82) is 0 Å². The van der Waals surface area contributed by atoms with Crippen LogP contribution < -0.4 is 0 Å². The average Bonchev–Trinajstić information content (AvgIpc) is 2.42. The molecule has 0 spiro atoms. The highest BCUT2D eigenvalue weighted by Gasteiger charge is 2.24. The van der Waals surface area contributed by atoms with E-state index in [2.05, 4.69) is 27.0 Å². The van der Waals surface area contributed by atoms with E-state index in [1.165, 1.54) is 88.2 Å². The fraction of sp³-hybridized carbons (Fsp3) is 0.800. The lowest BCUT2D eigenvalue weighted by molar-refractivity contribution is 0.217. The Balaban J connectivity index is 2.25. The van der Waals surface area contributed by atoms with E-state index in [4.69, 9.17) is 0 Å². The molecule has 1 aliphatic carbocycles. The maximum absolute atomic E-state index is 4.36. The Morgan fingerprint density at radius 1 is 0.950 bits per heavy atom. The van der Waals surface area contributed by atoms with Gasteiger partial charge in [0.2, 0.25) is 0 Å². The van der Waals surface area contributed by atoms with Gasteiger partial charge in [-0.05, 0) is 57.3 Å². The van der Waals surface area contributed by atoms with Gasteiger partial charge < -0.3 is 0 Å². The third-order valence-electron chi connectivity index (χ3n) is 4.93. The summed E-state index contributed by atoms with van der Waals surface area (Å²) in [5, 5.41) is 0. The van der Waals surface area contributed by atoms with Crippen molar-refractivity contribution in [2.24, 2.45) is 11.8 Å². The molecule has 1 aliphatic rings. The summed E-state index contributed by atoms with van der Waals surface area (Å²) in [6, 6.07) is 0. The van der Waals surface area contributed by atoms with Crippen LogP contribution in [0, 0.1) is 11.8 Å². The Kier molecular flexibility index (Phi) is 8.98. The number of allylic oxidation sites excluding steroid dienone is 2. The van der Waals surface area contributed by atoms with E-state index in [-0.39, 0.29) is 0 Å². The number of unbranched alkanes of at least 4 members (excludes halogenated alkanes) is 2. The zero-order valence-electron chi connectivity index (χ0n) is 14.1. The Bertz CT molecular complexity index is 286. The van der Waals surface area contributed by atoms with E-state index < -0.39 is 0 Å². The molecule has 20 heavy (non-hydrogen) atoms. The normalized spacial score (nSPS) is 22.7. The molecular weight excluding hydrogens is 240 g/mol. The fourth-order valence-corrected chi connectivity index (χ4v) is 3.67. The summed E-state index contributed by atoms with van der Waals surface area (Å²) in [6.07, 6.45) is 16.4. The van der Waals surface area contributed by atoms with Crippen molar-refractivity contribution < 1.29 is 0 Å². The maximum atomic E-state index is 4.36. The van der Waals surface area contributed by atoms with E-state index in [9.17, 15) is 0 Å². The zero-order valence-corrected chi connectivity index (χ0v) is 14.1. The second-order valence-electron chi connectivity index (χ2n) is 7.07. The van der Waals surface area contributed by atoms with E-state index in [1.807, 2.05) is 0 Å². The van der Waals surface area contributed by atoms with Crippen LogP contribution in [0.1, 0.15) is 90.9 Å². The first-order valence-corrected chi connectivity index (χ1v) is 8.94. The molecule has 0 amide bonds. The molecule has 0 radical (unpaired) electrons. The van der Waals surface area contributed by atoms with Crippen molar-refractivity contribution in [2.75, 3.05) is 0 Å². The molecule has 0 nitrogen and oxygen atoms in total. The summed E-state index contributed by atoms with van der Waals surface area (Å²) in [4.78, 5) is 0. The van der Waals surface area contributed by atoms with E-state index in [1.54, 1.807) is 0 Å². The smallest absolute Gasteiger partial charge is 0.0292 e. The SMILES string of the molecule is C=C(C)CCCCC(=C)CC1CCCCC1CCCC. The highest BCUT2D eigenvalue weighted by atomic mass is 14.3. The number of hydrogen-bond donors (Lipinski definition) is 0. The van der Waals surface area contributed by atoms with Gasteiger partial charge in [0, 0.05) is 0 Å². The molecular formula is C20H36. The van der Waals surface area contributed by atoms with Crippen LogP contribution >= 0.6 is 0 Å². The van der Waals surface area contributed by atoms with Crippen LogP contribution in [0.25, 0.3) is 0 Å². The van der Waals surface area contributed by atoms with E-state index in [0.717, 1.165) is 11.8 Å². The first-order chi connectivity index (χ1) is 9.63. The van der Waals surface area contributed by atoms with Gasteiger partial charge in [-0.25, -0.2) is 0 Å². The van der Waals surface area contributed by atoms with Gasteiger partial charge >= 0.3 is 0 Å². The van der Waals surface area contributed by atoms with Gasteiger partial charge in [0.05, 0.1) is 0 Å². The number of rotatable bonds is 10. The molecule has 0 heterocycles. The van der Waals surface area contributed by atoms with Crippen molar-refractivity contribution in [3.8, 4) is 0 Å². The van der Waals surface area contributed by atoms with Crippen molar-refractivity contribution in [3.63, 3.8) is 0 Å². The Labute approximate surface area is 127 Å². The van der Waals surface area contributed by atoms with Gasteiger partial charge in [-0.3, -0.25) is 0 Å². The molecule has 0 aromatic heterocycles. The van der Waals surface area contributed by atoms with E-state index >= 15 is 0 Å². The lowest BCUT2D eigenvalue weighted by Gasteiger charge is -2.32. The highest BCUT2D eigenvalue weighted by Crippen LogP contribution is 2.37. The Hall–Kier alpha value is -0.520. The Morgan fingerprint density at radius 3 is 2.25 bits per heavy atom. The van der Waals surface area contributed by atoms with Crippen molar-refractivity contribution in [2.45, 2.75) is 90.9 Å². The third kappa shape index (κ3) is 7.31. The summed E-state index contributed by atoms with van der Waals surface area (Å²) >= 11 is 0. The molecule has 1 saturated carbocycles. The molecule has 0 aliphatic heterocycles. The van der Waals surface area contributed by atoms with Crippen molar-refractivity contribution >= 4 is 0 Å². The lowest BCUT2D eigenvalue weighted by atomic mass is 9.74. The van der Waals surface area contributed by atoms with Crippen molar-refractivity contribution in [3.05, 3.63) is 24.3 Å². The molecule has 116 valence electrons. The van der Waals surface area contributed by atoms with Crippen LogP contribution in [0.2, 0.25) is 0 Å². The van der Waals surface area contributed by atoms with Crippen LogP contribution in [0.15, 0.2) is 24.3 Å². The summed E-state index contributed by atoms with van der Waals surface area (Å²) in [6.45, 7) is 12.8. The highest BCUT2D eigenvalue weighted by molar-refractivity contribution is 4.98. The summed E-state index contributed by atoms with van der Waals surface area (Å²) in [5.41, 5.74) is 2.84. The fourth-order valence-electron chi connectivity index (χ4n) is 3.67. The first-order valence-electron chi connectivity index (χ1n) is 8.94. The minimum absolute atomic E-state index is 0.948. The molecule has 0 aromatic carbocycles. The maximum Gasteiger partial charge on any atom is -0.0292 e. The third-order valence-corrected chi connectivity index (χ3v) is 4.93. The van der Waals surface area contributed by atoms with Gasteiger partial charge in [-0.1, -0.05) is 63.2 Å². The molecule has 2 unspecified atom stereocenters. The predicted octanol–water partition coefficient (Wildman–Crippen LogP) is 7.07. The largest absolute Gasteiger partial charge is 0.100 e. The summed E-state index contributed by atoms with van der Waals surface area (Å²) < 4.78 is 0. The van der Waals surface area contributed by atoms with Gasteiger partial charge in [-0.2, -0.15) is 0 Å². The van der Waals surface area contributed by atoms with Gasteiger partial charge in [-0.15, -0.1) is 6.58 Å². The zero-order chi connectivity index (χ0) is 14.8. The van der Waals surface area contributed by atoms with Gasteiger partial charge in [0.25, 0.3) is 0 Å². The summed E-state index contributed by atoms with van der Waals surface area (Å²) in [7, 11) is 0. The average molecular weight is 277 g/mol. The van der Waals surface area contributed by atoms with Crippen LogP contribution in [-0.2, 0) is 0 Å².